The van der Waals surface area contributed by atoms with Crippen LogP contribution in [-0.2, 0) is 16.6 Å². The first kappa shape index (κ1) is 18.6. The quantitative estimate of drug-likeness (QED) is 0.697. The molecule has 0 aliphatic heterocycles. The molecular formula is C19H16ClN3O4. The molecule has 1 atom stereocenters. The Labute approximate surface area is 159 Å². The van der Waals surface area contributed by atoms with E-state index in [1.54, 1.807) is 48.5 Å². The number of rotatable bonds is 4. The topological polar surface area (TPSA) is 90.3 Å². The number of esters is 1. The molecule has 0 spiro atoms. The van der Waals surface area contributed by atoms with Gasteiger partial charge in [0.15, 0.2) is 11.8 Å². The van der Waals surface area contributed by atoms with Crippen LogP contribution in [-0.4, -0.2) is 27.8 Å². The van der Waals surface area contributed by atoms with Crippen molar-refractivity contribution >= 4 is 39.9 Å². The van der Waals surface area contributed by atoms with Crippen LogP contribution in [0.15, 0.2) is 53.3 Å². The smallest absolute Gasteiger partial charge is 0.360 e. The number of hydrogen-bond acceptors (Lipinski definition) is 5. The molecule has 0 aliphatic carbocycles. The van der Waals surface area contributed by atoms with Crippen LogP contribution < -0.4 is 10.9 Å². The van der Waals surface area contributed by atoms with E-state index in [0.29, 0.717) is 21.5 Å². The van der Waals surface area contributed by atoms with Crippen LogP contribution in [0.5, 0.6) is 0 Å². The third kappa shape index (κ3) is 3.98. The van der Waals surface area contributed by atoms with Gasteiger partial charge in [0.2, 0.25) is 0 Å². The van der Waals surface area contributed by atoms with E-state index < -0.39 is 18.0 Å². The second-order valence-electron chi connectivity index (χ2n) is 5.87. The van der Waals surface area contributed by atoms with Crippen LogP contribution in [0.4, 0.5) is 5.69 Å². The van der Waals surface area contributed by atoms with Crippen LogP contribution in [0.25, 0.3) is 10.8 Å². The van der Waals surface area contributed by atoms with Crippen LogP contribution in [0.2, 0.25) is 5.02 Å². The van der Waals surface area contributed by atoms with E-state index >= 15 is 0 Å². The molecule has 1 amide bonds. The van der Waals surface area contributed by atoms with E-state index in [0.717, 1.165) is 4.68 Å². The number of carbonyl (C=O) groups excluding carboxylic acids is 2. The molecule has 3 rings (SSSR count). The molecular weight excluding hydrogens is 370 g/mol. The number of nitrogens with zero attached hydrogens (tertiary/aromatic N) is 2. The fraction of sp³-hybridized carbons (Fsp3) is 0.158. The van der Waals surface area contributed by atoms with Gasteiger partial charge in [-0.25, -0.2) is 9.48 Å². The minimum Gasteiger partial charge on any atom is -0.448 e. The highest BCUT2D eigenvalue weighted by Gasteiger charge is 2.23. The zero-order valence-corrected chi connectivity index (χ0v) is 15.4. The first-order valence-electron chi connectivity index (χ1n) is 8.10. The van der Waals surface area contributed by atoms with E-state index in [4.69, 9.17) is 16.3 Å². The number of halogens is 1. The van der Waals surface area contributed by atoms with Gasteiger partial charge in [-0.3, -0.25) is 9.59 Å². The number of hydrogen-bond donors (Lipinski definition) is 1. The Kier molecular flexibility index (Phi) is 5.23. The average molecular weight is 386 g/mol. The Bertz CT molecular complexity index is 1090. The SMILES string of the molecule is C[C@H](OC(=O)c1nn(C)c(=O)c2ccccc12)C(=O)Nc1cccc(Cl)c1. The molecule has 138 valence electrons. The monoisotopic (exact) mass is 385 g/mol. The summed E-state index contributed by atoms with van der Waals surface area (Å²) in [5, 5.41) is 7.79. The second-order valence-corrected chi connectivity index (χ2v) is 6.31. The highest BCUT2D eigenvalue weighted by molar-refractivity contribution is 6.30. The normalized spacial score (nSPS) is 11.8. The molecule has 7 nitrogen and oxygen atoms in total. The first-order chi connectivity index (χ1) is 12.9. The Hall–Kier alpha value is -3.19. The standard InChI is InChI=1S/C19H16ClN3O4/c1-11(17(24)21-13-7-5-6-12(20)10-13)27-19(26)16-14-8-3-4-9-15(14)18(25)23(2)22-16/h3-11H,1-2H3,(H,21,24)/t11-/m0/s1. The Morgan fingerprint density at radius 2 is 1.85 bits per heavy atom. The summed E-state index contributed by atoms with van der Waals surface area (Å²) >= 11 is 5.88. The number of anilines is 1. The fourth-order valence-electron chi connectivity index (χ4n) is 2.53. The molecule has 8 heteroatoms. The maximum absolute atomic E-state index is 12.5. The number of nitrogens with one attached hydrogen (secondary N) is 1. The lowest BCUT2D eigenvalue weighted by atomic mass is 10.1. The van der Waals surface area contributed by atoms with Crippen molar-refractivity contribution in [2.75, 3.05) is 5.32 Å². The molecule has 27 heavy (non-hydrogen) atoms. The van der Waals surface area contributed by atoms with Gasteiger partial charge in [-0.2, -0.15) is 5.10 Å². The number of fused-ring (bicyclic) bond motifs is 1. The molecule has 1 heterocycles. The van der Waals surface area contributed by atoms with Gasteiger partial charge in [-0.1, -0.05) is 35.9 Å². The Balaban J connectivity index is 1.81. The van der Waals surface area contributed by atoms with Crippen molar-refractivity contribution in [1.82, 2.24) is 9.78 Å². The summed E-state index contributed by atoms with van der Waals surface area (Å²) in [7, 11) is 1.45. The van der Waals surface area contributed by atoms with E-state index in [-0.39, 0.29) is 11.3 Å². The number of ether oxygens (including phenoxy) is 1. The highest BCUT2D eigenvalue weighted by atomic mass is 35.5. The molecule has 0 fully saturated rings. The van der Waals surface area contributed by atoms with Gasteiger partial charge < -0.3 is 10.1 Å². The number of aryl methyl sites for hydroxylation is 1. The van der Waals surface area contributed by atoms with Crippen molar-refractivity contribution in [3.8, 4) is 0 Å². The Morgan fingerprint density at radius 3 is 2.56 bits per heavy atom. The molecule has 1 aromatic heterocycles. The van der Waals surface area contributed by atoms with Crippen molar-refractivity contribution in [3.05, 3.63) is 69.6 Å². The molecule has 0 bridgehead atoms. The molecule has 1 N–H and O–H groups in total. The first-order valence-corrected chi connectivity index (χ1v) is 8.48. The van der Waals surface area contributed by atoms with Gasteiger partial charge in [-0.15, -0.1) is 0 Å². The van der Waals surface area contributed by atoms with Crippen LogP contribution >= 0.6 is 11.6 Å². The third-order valence-corrected chi connectivity index (χ3v) is 4.13. The summed E-state index contributed by atoms with van der Waals surface area (Å²) in [6.07, 6.45) is -1.07. The van der Waals surface area contributed by atoms with E-state index in [1.807, 2.05) is 0 Å². The minimum atomic E-state index is -1.07. The van der Waals surface area contributed by atoms with Crippen molar-refractivity contribution < 1.29 is 14.3 Å². The number of carbonyl (C=O) groups is 2. The van der Waals surface area contributed by atoms with Crippen molar-refractivity contribution in [2.45, 2.75) is 13.0 Å². The summed E-state index contributed by atoms with van der Waals surface area (Å²) in [5.41, 5.74) is 0.130. The third-order valence-electron chi connectivity index (χ3n) is 3.90. The highest BCUT2D eigenvalue weighted by Crippen LogP contribution is 2.17. The van der Waals surface area contributed by atoms with Gasteiger partial charge in [0.1, 0.15) is 0 Å². The van der Waals surface area contributed by atoms with Crippen molar-refractivity contribution in [3.63, 3.8) is 0 Å². The molecule has 0 saturated heterocycles. The molecule has 0 aliphatic rings. The Morgan fingerprint density at radius 1 is 1.15 bits per heavy atom. The fourth-order valence-corrected chi connectivity index (χ4v) is 2.72. The lowest BCUT2D eigenvalue weighted by molar-refractivity contribution is -0.123. The van der Waals surface area contributed by atoms with E-state index in [2.05, 4.69) is 10.4 Å². The zero-order valence-electron chi connectivity index (χ0n) is 14.6. The summed E-state index contributed by atoms with van der Waals surface area (Å²) in [6.45, 7) is 1.45. The largest absolute Gasteiger partial charge is 0.448 e. The maximum atomic E-state index is 12.5. The lowest BCUT2D eigenvalue weighted by Gasteiger charge is -2.14. The molecule has 0 unspecified atom stereocenters. The summed E-state index contributed by atoms with van der Waals surface area (Å²) in [5.74, 6) is -1.31. The van der Waals surface area contributed by atoms with Gasteiger partial charge >= 0.3 is 5.97 Å². The summed E-state index contributed by atoms with van der Waals surface area (Å²) < 4.78 is 6.31. The van der Waals surface area contributed by atoms with Crippen LogP contribution in [0, 0.1) is 0 Å². The van der Waals surface area contributed by atoms with E-state index in [9.17, 15) is 14.4 Å². The molecule has 3 aromatic rings. The van der Waals surface area contributed by atoms with E-state index in [1.165, 1.54) is 14.0 Å². The summed E-state index contributed by atoms with van der Waals surface area (Å²) in [6, 6.07) is 13.2. The minimum absolute atomic E-state index is 0.0323. The molecule has 2 aromatic carbocycles. The zero-order chi connectivity index (χ0) is 19.6. The van der Waals surface area contributed by atoms with Gasteiger partial charge in [-0.05, 0) is 31.2 Å². The maximum Gasteiger partial charge on any atom is 0.360 e. The van der Waals surface area contributed by atoms with Crippen LogP contribution in [0.3, 0.4) is 0 Å². The molecule has 0 saturated carbocycles. The number of aromatic nitrogens is 2. The predicted molar refractivity (Wildman–Crippen MR) is 102 cm³/mol. The predicted octanol–water partition coefficient (Wildman–Crippen LogP) is 2.77. The summed E-state index contributed by atoms with van der Waals surface area (Å²) in [4.78, 5) is 36.9. The van der Waals surface area contributed by atoms with Gasteiger partial charge in [0, 0.05) is 23.1 Å². The number of benzene rings is 2. The van der Waals surface area contributed by atoms with Crippen molar-refractivity contribution in [1.29, 1.82) is 0 Å². The van der Waals surface area contributed by atoms with Crippen molar-refractivity contribution in [2.24, 2.45) is 7.05 Å². The molecule has 0 radical (unpaired) electrons. The van der Waals surface area contributed by atoms with Crippen LogP contribution in [0.1, 0.15) is 17.4 Å². The second kappa shape index (κ2) is 7.59. The lowest BCUT2D eigenvalue weighted by Crippen LogP contribution is -2.31. The number of amides is 1. The average Bonchev–Trinajstić information content (AvgIpc) is 2.64. The van der Waals surface area contributed by atoms with Gasteiger partial charge in [0.05, 0.1) is 5.39 Å². The van der Waals surface area contributed by atoms with Gasteiger partial charge in [0.25, 0.3) is 11.5 Å².